The number of aromatic hydroxyl groups is 1. The van der Waals surface area contributed by atoms with E-state index in [1.165, 1.54) is 12.1 Å². The zero-order valence-corrected chi connectivity index (χ0v) is 12.1. The second-order valence-electron chi connectivity index (χ2n) is 5.70. The average Bonchev–Trinajstić information content (AvgIpc) is 2.18. The molecule has 0 aliphatic heterocycles. The van der Waals surface area contributed by atoms with Gasteiger partial charge in [-0.25, -0.2) is 0 Å². The standard InChI is InChI=1S/C13H20O3Si/c1-13(2,3)17(4,5)16-12-7-6-11(15)8-10(12)9-14/h6-9,15H,1-5H3. The molecular weight excluding hydrogens is 232 g/mol. The monoisotopic (exact) mass is 252 g/mol. The first-order valence-electron chi connectivity index (χ1n) is 5.64. The first-order valence-corrected chi connectivity index (χ1v) is 8.55. The van der Waals surface area contributed by atoms with Gasteiger partial charge in [0, 0.05) is 0 Å². The molecule has 0 aliphatic rings. The van der Waals surface area contributed by atoms with Crippen molar-refractivity contribution < 1.29 is 14.3 Å². The predicted octanol–water partition coefficient (Wildman–Crippen LogP) is 3.59. The topological polar surface area (TPSA) is 46.5 Å². The highest BCUT2D eigenvalue weighted by Crippen LogP contribution is 2.38. The van der Waals surface area contributed by atoms with Crippen molar-refractivity contribution in [2.75, 3.05) is 0 Å². The van der Waals surface area contributed by atoms with Crippen molar-refractivity contribution in [2.45, 2.75) is 38.9 Å². The van der Waals surface area contributed by atoms with Gasteiger partial charge in [0.1, 0.15) is 11.5 Å². The molecule has 0 amide bonds. The van der Waals surface area contributed by atoms with Crippen molar-refractivity contribution in [3.05, 3.63) is 23.8 Å². The van der Waals surface area contributed by atoms with Gasteiger partial charge in [0.05, 0.1) is 5.56 Å². The normalized spacial score (nSPS) is 12.3. The van der Waals surface area contributed by atoms with Crippen LogP contribution in [0.15, 0.2) is 18.2 Å². The Kier molecular flexibility index (Phi) is 3.67. The zero-order chi connectivity index (χ0) is 13.3. The number of aldehydes is 1. The Morgan fingerprint density at radius 1 is 1.29 bits per heavy atom. The minimum absolute atomic E-state index is 0.0744. The lowest BCUT2D eigenvalue weighted by atomic mass is 10.2. The van der Waals surface area contributed by atoms with Crippen LogP contribution in [0.2, 0.25) is 18.1 Å². The summed E-state index contributed by atoms with van der Waals surface area (Å²) >= 11 is 0. The van der Waals surface area contributed by atoms with Crippen molar-refractivity contribution in [3.8, 4) is 11.5 Å². The quantitative estimate of drug-likeness (QED) is 0.660. The van der Waals surface area contributed by atoms with Crippen LogP contribution in [0.3, 0.4) is 0 Å². The molecule has 94 valence electrons. The number of phenols is 1. The fourth-order valence-corrected chi connectivity index (χ4v) is 2.19. The molecule has 0 saturated carbocycles. The maximum atomic E-state index is 10.9. The lowest BCUT2D eigenvalue weighted by molar-refractivity contribution is 0.112. The Morgan fingerprint density at radius 2 is 1.88 bits per heavy atom. The highest BCUT2D eigenvalue weighted by atomic mass is 28.4. The molecule has 0 heterocycles. The van der Waals surface area contributed by atoms with Crippen LogP contribution >= 0.6 is 0 Å². The van der Waals surface area contributed by atoms with Gasteiger partial charge < -0.3 is 9.53 Å². The smallest absolute Gasteiger partial charge is 0.250 e. The van der Waals surface area contributed by atoms with Crippen LogP contribution in [0, 0.1) is 0 Å². The van der Waals surface area contributed by atoms with Crippen LogP contribution in [-0.4, -0.2) is 19.7 Å². The molecule has 4 heteroatoms. The molecule has 0 aliphatic carbocycles. The van der Waals surface area contributed by atoms with E-state index in [4.69, 9.17) is 4.43 Å². The largest absolute Gasteiger partial charge is 0.543 e. The van der Waals surface area contributed by atoms with E-state index in [-0.39, 0.29) is 10.8 Å². The van der Waals surface area contributed by atoms with Gasteiger partial charge in [0.2, 0.25) is 0 Å². The van der Waals surface area contributed by atoms with Crippen molar-refractivity contribution >= 4 is 14.6 Å². The van der Waals surface area contributed by atoms with Gasteiger partial charge >= 0.3 is 0 Å². The fraction of sp³-hybridized carbons (Fsp3) is 0.462. The van der Waals surface area contributed by atoms with E-state index < -0.39 is 8.32 Å². The summed E-state index contributed by atoms with van der Waals surface area (Å²) in [6, 6.07) is 4.62. The molecule has 1 rings (SSSR count). The molecule has 1 aromatic rings. The Morgan fingerprint density at radius 3 is 2.35 bits per heavy atom. The second-order valence-corrected chi connectivity index (χ2v) is 10.4. The van der Waals surface area contributed by atoms with Gasteiger partial charge in [0.25, 0.3) is 8.32 Å². The molecule has 1 N–H and O–H groups in total. The van der Waals surface area contributed by atoms with E-state index in [0.717, 1.165) is 0 Å². The minimum Gasteiger partial charge on any atom is -0.543 e. The van der Waals surface area contributed by atoms with Crippen LogP contribution < -0.4 is 4.43 Å². The summed E-state index contributed by atoms with van der Waals surface area (Å²) in [6.45, 7) is 10.7. The van der Waals surface area contributed by atoms with Crippen LogP contribution in [0.4, 0.5) is 0 Å². The van der Waals surface area contributed by atoms with E-state index in [1.807, 2.05) is 0 Å². The van der Waals surface area contributed by atoms with Crippen LogP contribution in [0.25, 0.3) is 0 Å². The molecule has 0 bridgehead atoms. The minimum atomic E-state index is -1.95. The first kappa shape index (κ1) is 13.8. The van der Waals surface area contributed by atoms with Crippen molar-refractivity contribution in [2.24, 2.45) is 0 Å². The Bertz CT molecular complexity index is 419. The summed E-state index contributed by atoms with van der Waals surface area (Å²) in [5.74, 6) is 0.638. The molecule has 1 aromatic carbocycles. The maximum Gasteiger partial charge on any atom is 0.250 e. The summed E-state index contributed by atoms with van der Waals surface area (Å²) in [7, 11) is -1.95. The van der Waals surface area contributed by atoms with Gasteiger partial charge in [-0.15, -0.1) is 0 Å². The Balaban J connectivity index is 3.07. The molecule has 0 radical (unpaired) electrons. The average molecular weight is 252 g/mol. The SMILES string of the molecule is CC(C)(C)[Si](C)(C)Oc1ccc(O)cc1C=O. The van der Waals surface area contributed by atoms with E-state index in [1.54, 1.807) is 6.07 Å². The van der Waals surface area contributed by atoms with Gasteiger partial charge in [-0.2, -0.15) is 0 Å². The van der Waals surface area contributed by atoms with Crippen LogP contribution in [-0.2, 0) is 0 Å². The predicted molar refractivity (Wildman–Crippen MR) is 71.3 cm³/mol. The number of benzene rings is 1. The fourth-order valence-electron chi connectivity index (χ4n) is 1.15. The highest BCUT2D eigenvalue weighted by Gasteiger charge is 2.39. The van der Waals surface area contributed by atoms with Gasteiger partial charge in [0.15, 0.2) is 6.29 Å². The molecular formula is C13H20O3Si. The Labute approximate surface area is 104 Å². The van der Waals surface area contributed by atoms with Crippen LogP contribution in [0.5, 0.6) is 11.5 Å². The lowest BCUT2D eigenvalue weighted by Crippen LogP contribution is -2.44. The third kappa shape index (κ3) is 3.09. The van der Waals surface area contributed by atoms with E-state index >= 15 is 0 Å². The molecule has 0 saturated heterocycles. The molecule has 3 nitrogen and oxygen atoms in total. The molecule has 0 aromatic heterocycles. The van der Waals surface area contributed by atoms with Gasteiger partial charge in [-0.3, -0.25) is 4.79 Å². The Hall–Kier alpha value is -1.29. The van der Waals surface area contributed by atoms with Crippen molar-refractivity contribution in [1.29, 1.82) is 0 Å². The van der Waals surface area contributed by atoms with E-state index in [2.05, 4.69) is 33.9 Å². The maximum absolute atomic E-state index is 10.9. The van der Waals surface area contributed by atoms with Gasteiger partial charge in [-0.1, -0.05) is 20.8 Å². The van der Waals surface area contributed by atoms with Crippen molar-refractivity contribution in [1.82, 2.24) is 0 Å². The molecule has 0 spiro atoms. The second kappa shape index (κ2) is 4.53. The summed E-state index contributed by atoms with van der Waals surface area (Å²) in [4.78, 5) is 10.9. The number of carbonyl (C=O) groups is 1. The summed E-state index contributed by atoms with van der Waals surface area (Å²) < 4.78 is 6.04. The number of hydrogen-bond donors (Lipinski definition) is 1. The van der Waals surface area contributed by atoms with Crippen LogP contribution in [0.1, 0.15) is 31.1 Å². The molecule has 0 fully saturated rings. The third-order valence-corrected chi connectivity index (χ3v) is 7.63. The summed E-state index contributed by atoms with van der Waals surface area (Å²) in [5, 5.41) is 9.40. The number of carbonyl (C=O) groups excluding carboxylic acids is 1. The first-order chi connectivity index (χ1) is 7.67. The zero-order valence-electron chi connectivity index (χ0n) is 11.1. The summed E-state index contributed by atoms with van der Waals surface area (Å²) in [6.07, 6.45) is 0.711. The van der Waals surface area contributed by atoms with Crippen molar-refractivity contribution in [3.63, 3.8) is 0 Å². The highest BCUT2D eigenvalue weighted by molar-refractivity contribution is 6.74. The third-order valence-electron chi connectivity index (χ3n) is 3.29. The van der Waals surface area contributed by atoms with Gasteiger partial charge in [-0.05, 0) is 36.3 Å². The van der Waals surface area contributed by atoms with E-state index in [9.17, 15) is 9.90 Å². The lowest BCUT2D eigenvalue weighted by Gasteiger charge is -2.36. The summed E-state index contributed by atoms with van der Waals surface area (Å²) in [5.41, 5.74) is 0.398. The number of hydrogen-bond acceptors (Lipinski definition) is 3. The molecule has 17 heavy (non-hydrogen) atoms. The number of phenolic OH excluding ortho intramolecular Hbond substituents is 1. The van der Waals surface area contributed by atoms with E-state index in [0.29, 0.717) is 17.6 Å². The molecule has 0 unspecified atom stereocenters. The number of rotatable bonds is 3. The molecule has 0 atom stereocenters.